The second kappa shape index (κ2) is 10.1. The second-order valence-corrected chi connectivity index (χ2v) is 8.42. The number of carboxylic acids is 1. The van der Waals surface area contributed by atoms with E-state index in [-0.39, 0.29) is 12.5 Å². The summed E-state index contributed by atoms with van der Waals surface area (Å²) in [5, 5.41) is 10.1. The molecule has 8 heteroatoms. The van der Waals surface area contributed by atoms with Crippen LogP contribution >= 0.6 is 23.2 Å². The van der Waals surface area contributed by atoms with E-state index in [9.17, 15) is 9.59 Å². The first-order valence-electron chi connectivity index (χ1n) is 10.3. The Bertz CT molecular complexity index is 1170. The Morgan fingerprint density at radius 2 is 1.64 bits per heavy atom. The lowest BCUT2D eigenvalue weighted by atomic mass is 9.87. The third-order valence-electron chi connectivity index (χ3n) is 5.40. The van der Waals surface area contributed by atoms with Gasteiger partial charge in [0.15, 0.2) is 13.2 Å². The number of amides is 1. The quantitative estimate of drug-likeness (QED) is 0.508. The minimum Gasteiger partial charge on any atom is -0.484 e. The molecule has 0 spiro atoms. The van der Waals surface area contributed by atoms with E-state index in [0.717, 1.165) is 11.1 Å². The van der Waals surface area contributed by atoms with Gasteiger partial charge in [-0.05, 0) is 60.0 Å². The fourth-order valence-corrected chi connectivity index (χ4v) is 4.24. The molecule has 170 valence electrons. The maximum absolute atomic E-state index is 13.3. The Morgan fingerprint density at radius 1 is 0.909 bits per heavy atom. The number of aliphatic carboxylic acids is 1. The van der Waals surface area contributed by atoms with E-state index >= 15 is 0 Å². The first-order chi connectivity index (χ1) is 15.9. The summed E-state index contributed by atoms with van der Waals surface area (Å²) in [4.78, 5) is 26.1. The zero-order chi connectivity index (χ0) is 23.4. The molecule has 6 nitrogen and oxygen atoms in total. The number of carbonyl (C=O) groups excluding carboxylic acids is 1. The minimum atomic E-state index is -1.09. The molecule has 0 saturated heterocycles. The molecule has 0 bridgehead atoms. The first-order valence-corrected chi connectivity index (χ1v) is 11.1. The topological polar surface area (TPSA) is 76.1 Å². The summed E-state index contributed by atoms with van der Waals surface area (Å²) in [6.07, 6.45) is 0.686. The number of benzene rings is 3. The smallest absolute Gasteiger partial charge is 0.341 e. The van der Waals surface area contributed by atoms with Crippen molar-refractivity contribution in [2.75, 3.05) is 19.8 Å². The zero-order valence-electron chi connectivity index (χ0n) is 17.5. The van der Waals surface area contributed by atoms with Crippen LogP contribution in [0.2, 0.25) is 10.0 Å². The molecule has 0 aliphatic carbocycles. The van der Waals surface area contributed by atoms with Gasteiger partial charge in [0.2, 0.25) is 0 Å². The van der Waals surface area contributed by atoms with Crippen LogP contribution in [0.4, 0.5) is 0 Å². The van der Waals surface area contributed by atoms with Crippen molar-refractivity contribution in [2.24, 2.45) is 0 Å². The molecule has 1 unspecified atom stereocenters. The molecule has 0 saturated carbocycles. The van der Waals surface area contributed by atoms with Crippen molar-refractivity contribution in [3.63, 3.8) is 0 Å². The summed E-state index contributed by atoms with van der Waals surface area (Å²) < 4.78 is 11.2. The summed E-state index contributed by atoms with van der Waals surface area (Å²) in [5.74, 6) is -0.410. The van der Waals surface area contributed by atoms with Crippen LogP contribution in [0.15, 0.2) is 66.7 Å². The fraction of sp³-hybridized carbons (Fsp3) is 0.200. The van der Waals surface area contributed by atoms with Gasteiger partial charge in [-0.2, -0.15) is 0 Å². The third kappa shape index (κ3) is 5.41. The first kappa shape index (κ1) is 23.0. The van der Waals surface area contributed by atoms with Gasteiger partial charge in [0.25, 0.3) is 5.91 Å². The third-order valence-corrected chi connectivity index (χ3v) is 5.88. The van der Waals surface area contributed by atoms with E-state index < -0.39 is 18.6 Å². The molecule has 1 atom stereocenters. The van der Waals surface area contributed by atoms with Crippen molar-refractivity contribution in [2.45, 2.75) is 12.5 Å². The van der Waals surface area contributed by atoms with E-state index in [1.165, 1.54) is 0 Å². The van der Waals surface area contributed by atoms with Gasteiger partial charge in [-0.25, -0.2) is 4.79 Å². The molecule has 0 radical (unpaired) electrons. The molecule has 3 aromatic rings. The molecular weight excluding hydrogens is 465 g/mol. The highest BCUT2D eigenvalue weighted by Gasteiger charge is 2.34. The molecule has 1 aliphatic rings. The Labute approximate surface area is 201 Å². The number of nitrogens with zero attached hydrogens (tertiary/aromatic N) is 1. The summed E-state index contributed by atoms with van der Waals surface area (Å²) in [6, 6.07) is 19.1. The normalized spacial score (nSPS) is 15.0. The number of rotatable bonds is 7. The van der Waals surface area contributed by atoms with Crippen LogP contribution in [0, 0.1) is 0 Å². The molecule has 1 N–H and O–H groups in total. The molecule has 33 heavy (non-hydrogen) atoms. The van der Waals surface area contributed by atoms with E-state index in [1.54, 1.807) is 47.4 Å². The van der Waals surface area contributed by atoms with E-state index in [2.05, 4.69) is 0 Å². The Morgan fingerprint density at radius 3 is 2.39 bits per heavy atom. The van der Waals surface area contributed by atoms with Gasteiger partial charge >= 0.3 is 5.97 Å². The number of hydrogen-bond donors (Lipinski definition) is 1. The van der Waals surface area contributed by atoms with Gasteiger partial charge in [-0.3, -0.25) is 4.79 Å². The highest BCUT2D eigenvalue weighted by molar-refractivity contribution is 6.30. The molecule has 1 aliphatic heterocycles. The Balaban J connectivity index is 1.67. The highest BCUT2D eigenvalue weighted by atomic mass is 35.5. The number of carboxylic acid groups (broad SMARTS) is 1. The average Bonchev–Trinajstić information content (AvgIpc) is 2.82. The molecule has 0 fully saturated rings. The number of ether oxygens (including phenoxy) is 2. The van der Waals surface area contributed by atoms with Gasteiger partial charge in [0.1, 0.15) is 11.5 Å². The van der Waals surface area contributed by atoms with Crippen LogP contribution in [-0.2, 0) is 16.0 Å². The molecule has 3 aromatic carbocycles. The fourth-order valence-electron chi connectivity index (χ4n) is 3.93. The maximum Gasteiger partial charge on any atom is 0.341 e. The van der Waals surface area contributed by atoms with Crippen molar-refractivity contribution in [1.82, 2.24) is 4.90 Å². The number of fused-ring (bicyclic) bond motifs is 1. The van der Waals surface area contributed by atoms with Crippen LogP contribution in [0.5, 0.6) is 11.5 Å². The number of hydrogen-bond acceptors (Lipinski definition) is 4. The van der Waals surface area contributed by atoms with Crippen molar-refractivity contribution in [3.8, 4) is 11.5 Å². The van der Waals surface area contributed by atoms with Crippen LogP contribution in [0.3, 0.4) is 0 Å². The lowest BCUT2D eigenvalue weighted by molar-refractivity contribution is -0.139. The van der Waals surface area contributed by atoms with Gasteiger partial charge in [0, 0.05) is 22.2 Å². The average molecular weight is 486 g/mol. The molecule has 4 rings (SSSR count). The van der Waals surface area contributed by atoms with Crippen LogP contribution in [0.1, 0.15) is 22.7 Å². The molecule has 0 aromatic heterocycles. The summed E-state index contributed by atoms with van der Waals surface area (Å²) >= 11 is 12.2. The van der Waals surface area contributed by atoms with E-state index in [1.807, 2.05) is 24.3 Å². The lowest BCUT2D eigenvalue weighted by Gasteiger charge is -2.38. The molecule has 1 amide bonds. The number of carbonyl (C=O) groups is 2. The van der Waals surface area contributed by atoms with Crippen molar-refractivity contribution in [3.05, 3.63) is 93.5 Å². The van der Waals surface area contributed by atoms with Crippen molar-refractivity contribution < 1.29 is 24.2 Å². The van der Waals surface area contributed by atoms with Crippen LogP contribution < -0.4 is 9.47 Å². The highest BCUT2D eigenvalue weighted by Crippen LogP contribution is 2.40. The number of halogens is 2. The van der Waals surface area contributed by atoms with E-state index in [4.69, 9.17) is 37.8 Å². The monoisotopic (exact) mass is 485 g/mol. The predicted molar refractivity (Wildman–Crippen MR) is 125 cm³/mol. The van der Waals surface area contributed by atoms with Gasteiger partial charge < -0.3 is 19.5 Å². The SMILES string of the molecule is O=C(O)COc1ccc(Cl)cc1C1c2ccccc2CCN1C(=O)COc1ccc(Cl)cc1. The largest absolute Gasteiger partial charge is 0.484 e. The second-order valence-electron chi connectivity index (χ2n) is 7.55. The van der Waals surface area contributed by atoms with E-state index in [0.29, 0.717) is 40.1 Å². The van der Waals surface area contributed by atoms with Gasteiger partial charge in [-0.15, -0.1) is 0 Å². The molecule has 1 heterocycles. The van der Waals surface area contributed by atoms with Gasteiger partial charge in [-0.1, -0.05) is 47.5 Å². The summed E-state index contributed by atoms with van der Waals surface area (Å²) in [5.41, 5.74) is 2.66. The Hall–Kier alpha value is -3.22. The van der Waals surface area contributed by atoms with Crippen LogP contribution in [0.25, 0.3) is 0 Å². The van der Waals surface area contributed by atoms with Gasteiger partial charge in [0.05, 0.1) is 6.04 Å². The van der Waals surface area contributed by atoms with Crippen molar-refractivity contribution in [1.29, 1.82) is 0 Å². The standard InChI is InChI=1S/C25H21Cl2NO5/c26-17-5-8-19(9-6-17)32-14-23(29)28-12-11-16-3-1-2-4-20(16)25(28)21-13-18(27)7-10-22(21)33-15-24(30)31/h1-10,13,25H,11-12,14-15H2,(H,30,31). The minimum absolute atomic E-state index is 0.161. The zero-order valence-corrected chi connectivity index (χ0v) is 19.1. The summed E-state index contributed by atoms with van der Waals surface area (Å²) in [6.45, 7) is -0.196. The molecular formula is C25H21Cl2NO5. The lowest BCUT2D eigenvalue weighted by Crippen LogP contribution is -2.43. The predicted octanol–water partition coefficient (Wildman–Crippen LogP) is 5.01. The summed E-state index contributed by atoms with van der Waals surface area (Å²) in [7, 11) is 0. The van der Waals surface area contributed by atoms with Crippen molar-refractivity contribution >= 4 is 35.1 Å². The maximum atomic E-state index is 13.3. The van der Waals surface area contributed by atoms with Crippen LogP contribution in [-0.4, -0.2) is 41.6 Å². The Kier molecular flexibility index (Phi) is 7.06.